The van der Waals surface area contributed by atoms with E-state index < -0.39 is 0 Å². The van der Waals surface area contributed by atoms with Gasteiger partial charge in [-0.3, -0.25) is 4.57 Å². The first-order valence-corrected chi connectivity index (χ1v) is 6.09. The number of hydrogen-bond donors (Lipinski definition) is 0. The fraction of sp³-hybridized carbons (Fsp3) is 0. The number of aromatic nitrogens is 1. The van der Waals surface area contributed by atoms with Gasteiger partial charge in [-0.05, 0) is 12.1 Å². The van der Waals surface area contributed by atoms with E-state index in [9.17, 15) is 0 Å². The number of halogens is 2. The lowest BCUT2D eigenvalue weighted by atomic mass is 10.2. The average Bonchev–Trinajstić information content (AvgIpc) is 2.72. The highest BCUT2D eigenvalue weighted by molar-refractivity contribution is 6.50. The van der Waals surface area contributed by atoms with Gasteiger partial charge in [0.2, 0.25) is 0 Å². The van der Waals surface area contributed by atoms with Crippen LogP contribution in [0.15, 0.2) is 54.1 Å². The zero-order valence-electron chi connectivity index (χ0n) is 8.90. The van der Waals surface area contributed by atoms with Crippen molar-refractivity contribution in [2.45, 2.75) is 0 Å². The first kappa shape index (κ1) is 10.7. The second kappa shape index (κ2) is 4.10. The largest absolute Gasteiger partial charge is 0.299 e. The second-order valence-electron chi connectivity index (χ2n) is 3.80. The SMILES string of the molecule is Cl/C=C(\Cl)n1c2ccccc2c2ccccc21. The lowest BCUT2D eigenvalue weighted by molar-refractivity contribution is 1.27. The molecule has 1 aromatic heterocycles. The Balaban J connectivity index is 2.59. The number of rotatable bonds is 1. The van der Waals surface area contributed by atoms with E-state index in [1.807, 2.05) is 41.0 Å². The Morgan fingerprint density at radius 3 is 1.82 bits per heavy atom. The summed E-state index contributed by atoms with van der Waals surface area (Å²) in [4.78, 5) is 0. The molecule has 0 aliphatic heterocycles. The molecular formula is C14H9Cl2N. The molecule has 0 amide bonds. The molecule has 0 aliphatic rings. The molecule has 2 aromatic carbocycles. The summed E-state index contributed by atoms with van der Waals surface area (Å²) in [6, 6.07) is 16.3. The molecule has 0 saturated carbocycles. The van der Waals surface area contributed by atoms with Crippen LogP contribution in [0.4, 0.5) is 0 Å². The average molecular weight is 262 g/mol. The maximum absolute atomic E-state index is 6.18. The molecule has 0 bridgehead atoms. The number of nitrogens with zero attached hydrogens (tertiary/aromatic N) is 1. The molecule has 0 aliphatic carbocycles. The Hall–Kier alpha value is -1.44. The van der Waals surface area contributed by atoms with E-state index in [0.29, 0.717) is 5.16 Å². The van der Waals surface area contributed by atoms with Crippen LogP contribution in [0.1, 0.15) is 0 Å². The van der Waals surface area contributed by atoms with Crippen LogP contribution in [0.5, 0.6) is 0 Å². The summed E-state index contributed by atoms with van der Waals surface area (Å²) in [5.74, 6) is 0. The monoisotopic (exact) mass is 261 g/mol. The molecule has 0 saturated heterocycles. The maximum atomic E-state index is 6.18. The van der Waals surface area contributed by atoms with E-state index in [2.05, 4.69) is 12.1 Å². The third kappa shape index (κ3) is 1.54. The molecule has 17 heavy (non-hydrogen) atoms. The predicted octanol–water partition coefficient (Wildman–Crippen LogP) is 5.03. The van der Waals surface area contributed by atoms with Crippen LogP contribution in [-0.2, 0) is 0 Å². The number of benzene rings is 2. The lowest BCUT2D eigenvalue weighted by Crippen LogP contribution is -1.89. The second-order valence-corrected chi connectivity index (χ2v) is 4.41. The third-order valence-corrected chi connectivity index (χ3v) is 3.48. The molecule has 0 spiro atoms. The van der Waals surface area contributed by atoms with Gasteiger partial charge in [-0.1, -0.05) is 59.6 Å². The molecule has 1 heterocycles. The molecular weight excluding hydrogens is 253 g/mol. The fourth-order valence-electron chi connectivity index (χ4n) is 2.20. The van der Waals surface area contributed by atoms with Crippen LogP contribution in [0.2, 0.25) is 0 Å². The van der Waals surface area contributed by atoms with Gasteiger partial charge in [0, 0.05) is 16.3 Å². The van der Waals surface area contributed by atoms with Crippen molar-refractivity contribution in [3.63, 3.8) is 0 Å². The van der Waals surface area contributed by atoms with Gasteiger partial charge in [0.05, 0.1) is 11.0 Å². The minimum Gasteiger partial charge on any atom is -0.299 e. The van der Waals surface area contributed by atoms with Crippen LogP contribution in [0, 0.1) is 0 Å². The van der Waals surface area contributed by atoms with Crippen LogP contribution < -0.4 is 0 Å². The van der Waals surface area contributed by atoms with Crippen LogP contribution >= 0.6 is 23.2 Å². The first-order chi connectivity index (χ1) is 8.33. The van der Waals surface area contributed by atoms with Gasteiger partial charge in [-0.15, -0.1) is 0 Å². The molecule has 0 unspecified atom stereocenters. The number of para-hydroxylation sites is 2. The van der Waals surface area contributed by atoms with Crippen molar-refractivity contribution in [3.8, 4) is 0 Å². The van der Waals surface area contributed by atoms with Crippen molar-refractivity contribution in [1.82, 2.24) is 4.57 Å². The summed E-state index contributed by atoms with van der Waals surface area (Å²) < 4.78 is 1.96. The van der Waals surface area contributed by atoms with Crippen molar-refractivity contribution in [2.24, 2.45) is 0 Å². The highest BCUT2D eigenvalue weighted by Crippen LogP contribution is 2.32. The van der Waals surface area contributed by atoms with E-state index >= 15 is 0 Å². The lowest BCUT2D eigenvalue weighted by Gasteiger charge is -2.03. The van der Waals surface area contributed by atoms with Crippen molar-refractivity contribution < 1.29 is 0 Å². The van der Waals surface area contributed by atoms with E-state index in [1.165, 1.54) is 16.3 Å². The van der Waals surface area contributed by atoms with Gasteiger partial charge < -0.3 is 0 Å². The molecule has 1 nitrogen and oxygen atoms in total. The van der Waals surface area contributed by atoms with Gasteiger partial charge in [-0.2, -0.15) is 0 Å². The summed E-state index contributed by atoms with van der Waals surface area (Å²) in [5.41, 5.74) is 3.52. The van der Waals surface area contributed by atoms with E-state index in [4.69, 9.17) is 23.2 Å². The van der Waals surface area contributed by atoms with Crippen LogP contribution in [-0.4, -0.2) is 4.57 Å². The predicted molar refractivity (Wildman–Crippen MR) is 75.4 cm³/mol. The Kier molecular flexibility index (Phi) is 2.58. The first-order valence-electron chi connectivity index (χ1n) is 5.27. The minimum absolute atomic E-state index is 0.504. The highest BCUT2D eigenvalue weighted by atomic mass is 35.5. The van der Waals surface area contributed by atoms with Gasteiger partial charge >= 0.3 is 0 Å². The van der Waals surface area contributed by atoms with E-state index in [-0.39, 0.29) is 0 Å². The molecule has 84 valence electrons. The topological polar surface area (TPSA) is 4.93 Å². The van der Waals surface area contributed by atoms with Crippen LogP contribution in [0.3, 0.4) is 0 Å². The number of hydrogen-bond acceptors (Lipinski definition) is 0. The third-order valence-electron chi connectivity index (χ3n) is 2.88. The Morgan fingerprint density at radius 2 is 1.35 bits per heavy atom. The summed E-state index contributed by atoms with van der Waals surface area (Å²) in [6.45, 7) is 0. The van der Waals surface area contributed by atoms with Crippen LogP contribution in [0.25, 0.3) is 27.0 Å². The van der Waals surface area contributed by atoms with Gasteiger partial charge in [0.15, 0.2) is 0 Å². The Labute approximate surface area is 109 Å². The van der Waals surface area contributed by atoms with E-state index in [0.717, 1.165) is 11.0 Å². The Morgan fingerprint density at radius 1 is 0.882 bits per heavy atom. The molecule has 3 aromatic rings. The fourth-order valence-corrected chi connectivity index (χ4v) is 2.48. The maximum Gasteiger partial charge on any atom is 0.125 e. The smallest absolute Gasteiger partial charge is 0.125 e. The molecule has 0 radical (unpaired) electrons. The zero-order valence-corrected chi connectivity index (χ0v) is 10.4. The molecule has 0 atom stereocenters. The molecule has 3 rings (SSSR count). The zero-order chi connectivity index (χ0) is 11.8. The number of fused-ring (bicyclic) bond motifs is 3. The van der Waals surface area contributed by atoms with E-state index in [1.54, 1.807) is 0 Å². The van der Waals surface area contributed by atoms with Crippen molar-refractivity contribution in [3.05, 3.63) is 54.1 Å². The minimum atomic E-state index is 0.504. The standard InChI is InChI=1S/C14H9Cl2N/c15-9-14(16)17-12-7-3-1-5-10(12)11-6-2-4-8-13(11)17/h1-9H/b14-9+. The summed E-state index contributed by atoms with van der Waals surface area (Å²) in [6.07, 6.45) is 0. The molecule has 0 fully saturated rings. The van der Waals surface area contributed by atoms with Gasteiger partial charge in [0.1, 0.15) is 5.16 Å². The summed E-state index contributed by atoms with van der Waals surface area (Å²) >= 11 is 11.9. The summed E-state index contributed by atoms with van der Waals surface area (Å²) in [5, 5.41) is 2.86. The van der Waals surface area contributed by atoms with Crippen molar-refractivity contribution in [2.75, 3.05) is 0 Å². The molecule has 0 N–H and O–H groups in total. The van der Waals surface area contributed by atoms with Crippen molar-refractivity contribution in [1.29, 1.82) is 0 Å². The van der Waals surface area contributed by atoms with Crippen molar-refractivity contribution >= 4 is 50.2 Å². The highest BCUT2D eigenvalue weighted by Gasteiger charge is 2.10. The Bertz CT molecular complexity index is 672. The normalized spacial score (nSPS) is 12.5. The molecule has 3 heteroatoms. The van der Waals surface area contributed by atoms with Gasteiger partial charge in [-0.25, -0.2) is 0 Å². The van der Waals surface area contributed by atoms with Gasteiger partial charge in [0.25, 0.3) is 0 Å². The quantitative estimate of drug-likeness (QED) is 0.579. The summed E-state index contributed by atoms with van der Waals surface area (Å²) in [7, 11) is 0.